The average Bonchev–Trinajstić information content (AvgIpc) is 3.25. The van der Waals surface area contributed by atoms with Crippen LogP contribution in [0.15, 0.2) is 46.9 Å². The van der Waals surface area contributed by atoms with Crippen LogP contribution in [0, 0.1) is 11.8 Å². The lowest BCUT2D eigenvalue weighted by molar-refractivity contribution is -0.324. The van der Waals surface area contributed by atoms with Crippen LogP contribution in [0.1, 0.15) is 43.3 Å². The highest BCUT2D eigenvalue weighted by molar-refractivity contribution is 6.31. The van der Waals surface area contributed by atoms with E-state index in [4.69, 9.17) is 10.2 Å². The van der Waals surface area contributed by atoms with Crippen molar-refractivity contribution in [2.24, 2.45) is 5.73 Å². The van der Waals surface area contributed by atoms with Gasteiger partial charge in [-0.25, -0.2) is 9.59 Å². The summed E-state index contributed by atoms with van der Waals surface area (Å²) < 4.78 is 14.8. The van der Waals surface area contributed by atoms with Crippen LogP contribution < -0.4 is 5.73 Å². The van der Waals surface area contributed by atoms with Crippen molar-refractivity contribution in [1.29, 1.82) is 0 Å². The molecule has 0 radical (unpaired) electrons. The number of carbonyl (C=O) groups is 2. The van der Waals surface area contributed by atoms with Gasteiger partial charge in [0.25, 0.3) is 0 Å². The van der Waals surface area contributed by atoms with Crippen LogP contribution in [0.25, 0.3) is 0 Å². The first-order valence-corrected chi connectivity index (χ1v) is 9.38. The molecule has 1 atom stereocenters. The van der Waals surface area contributed by atoms with E-state index in [-0.39, 0.29) is 6.42 Å². The molecule has 0 bridgehead atoms. The maximum atomic E-state index is 11.2. The number of aliphatic hydroxyl groups is 1. The lowest BCUT2D eigenvalue weighted by Gasteiger charge is -2.34. The second-order valence-corrected chi connectivity index (χ2v) is 7.19. The summed E-state index contributed by atoms with van der Waals surface area (Å²) in [7, 11) is 0. The Bertz CT molecular complexity index is 919. The van der Waals surface area contributed by atoms with Crippen LogP contribution in [0.5, 0.6) is 0 Å². The van der Waals surface area contributed by atoms with Crippen LogP contribution in [-0.2, 0) is 31.9 Å². The molecule has 3 rings (SSSR count). The monoisotopic (exact) mass is 397 g/mol. The zero-order valence-corrected chi connectivity index (χ0v) is 16.1. The van der Waals surface area contributed by atoms with Crippen LogP contribution in [0.4, 0.5) is 0 Å². The van der Waals surface area contributed by atoms with Crippen LogP contribution in [0.3, 0.4) is 0 Å². The predicted octanol–water partition coefficient (Wildman–Crippen LogP) is 2.05. The Balaban J connectivity index is 1.48. The summed E-state index contributed by atoms with van der Waals surface area (Å²) in [4.78, 5) is 22.4. The molecule has 1 saturated heterocycles. The molecule has 3 N–H and O–H groups in total. The highest BCUT2D eigenvalue weighted by Gasteiger charge is 2.58. The summed E-state index contributed by atoms with van der Waals surface area (Å²) in [6, 6.07) is 13.8. The maximum Gasteiger partial charge on any atom is 0.422 e. The molecule has 0 saturated carbocycles. The van der Waals surface area contributed by atoms with Gasteiger partial charge in [0.2, 0.25) is 0 Å². The Morgan fingerprint density at radius 1 is 1.07 bits per heavy atom. The summed E-state index contributed by atoms with van der Waals surface area (Å²) in [5, 5.41) is 10.2. The van der Waals surface area contributed by atoms with Crippen LogP contribution >= 0.6 is 0 Å². The molecule has 1 fully saturated rings. The molecule has 2 heterocycles. The molecule has 152 valence electrons. The maximum absolute atomic E-state index is 11.2. The van der Waals surface area contributed by atoms with Gasteiger partial charge in [0.1, 0.15) is 11.3 Å². The Morgan fingerprint density at radius 2 is 1.76 bits per heavy atom. The van der Waals surface area contributed by atoms with Crippen molar-refractivity contribution in [3.63, 3.8) is 0 Å². The Labute approximate surface area is 168 Å². The lowest BCUT2D eigenvalue weighted by Crippen LogP contribution is -2.60. The van der Waals surface area contributed by atoms with Crippen molar-refractivity contribution in [2.45, 2.75) is 50.5 Å². The molecule has 1 aromatic heterocycles. The van der Waals surface area contributed by atoms with Gasteiger partial charge in [-0.2, -0.15) is 0 Å². The first-order chi connectivity index (χ1) is 13.8. The Morgan fingerprint density at radius 3 is 2.45 bits per heavy atom. The first kappa shape index (κ1) is 20.6. The van der Waals surface area contributed by atoms with Crippen molar-refractivity contribution in [3.05, 3.63) is 59.5 Å². The van der Waals surface area contributed by atoms with Crippen LogP contribution in [-0.4, -0.2) is 28.6 Å². The van der Waals surface area contributed by atoms with E-state index in [1.807, 2.05) is 18.2 Å². The zero-order valence-electron chi connectivity index (χ0n) is 16.1. The summed E-state index contributed by atoms with van der Waals surface area (Å²) in [6.07, 6.45) is 3.18. The molecule has 2 aromatic rings. The zero-order chi connectivity index (χ0) is 20.9. The smallest absolute Gasteiger partial charge is 0.422 e. The summed E-state index contributed by atoms with van der Waals surface area (Å²) in [6.45, 7) is 1.43. The summed E-state index contributed by atoms with van der Waals surface area (Å²) >= 11 is 0. The number of furan rings is 1. The minimum absolute atomic E-state index is 0.140. The lowest BCUT2D eigenvalue weighted by atomic mass is 9.93. The highest BCUT2D eigenvalue weighted by atomic mass is 16.9. The quantitative estimate of drug-likeness (QED) is 0.318. The van der Waals surface area contributed by atoms with Gasteiger partial charge in [-0.15, -0.1) is 0 Å². The predicted molar refractivity (Wildman–Crippen MR) is 103 cm³/mol. The fourth-order valence-corrected chi connectivity index (χ4v) is 2.88. The molecule has 1 aliphatic heterocycles. The van der Waals surface area contributed by atoms with Crippen molar-refractivity contribution < 1.29 is 28.6 Å². The van der Waals surface area contributed by atoms with E-state index in [9.17, 15) is 14.7 Å². The average molecular weight is 397 g/mol. The molecular weight excluding hydrogens is 374 g/mol. The van der Waals surface area contributed by atoms with E-state index in [1.165, 1.54) is 12.5 Å². The van der Waals surface area contributed by atoms with Crippen molar-refractivity contribution in [2.75, 3.05) is 0 Å². The largest absolute Gasteiger partial charge is 0.453 e. The number of unbranched alkanes of at least 4 members (excludes halogenated alkanes) is 1. The number of hydrogen-bond donors (Lipinski definition) is 2. The van der Waals surface area contributed by atoms with Gasteiger partial charge in [0.15, 0.2) is 5.76 Å². The number of cyclic esters (lactones) is 2. The normalized spacial score (nSPS) is 17.1. The number of benzene rings is 1. The van der Waals surface area contributed by atoms with Gasteiger partial charge in [-0.1, -0.05) is 36.3 Å². The number of nitrogens with two attached hydrogens (primary N) is 1. The molecule has 7 heteroatoms. The molecule has 0 unspecified atom stereocenters. The third-order valence-electron chi connectivity index (χ3n) is 4.72. The van der Waals surface area contributed by atoms with Gasteiger partial charge in [0, 0.05) is 12.8 Å². The number of esters is 2. The van der Waals surface area contributed by atoms with Gasteiger partial charge < -0.3 is 24.7 Å². The number of ether oxygens (including phenoxy) is 2. The van der Waals surface area contributed by atoms with E-state index in [2.05, 4.69) is 33.4 Å². The molecule has 29 heavy (non-hydrogen) atoms. The van der Waals surface area contributed by atoms with Gasteiger partial charge in [-0.3, -0.25) is 0 Å². The summed E-state index contributed by atoms with van der Waals surface area (Å²) in [5.41, 5.74) is 5.81. The molecule has 0 amide bonds. The van der Waals surface area contributed by atoms with Gasteiger partial charge in [0.05, 0.1) is 0 Å². The van der Waals surface area contributed by atoms with E-state index >= 15 is 0 Å². The minimum atomic E-state index is -2.49. The van der Waals surface area contributed by atoms with Crippen molar-refractivity contribution in [3.8, 4) is 11.8 Å². The molecule has 1 aromatic carbocycles. The topological polar surface area (TPSA) is 112 Å². The second-order valence-electron chi connectivity index (χ2n) is 7.19. The number of carbonyl (C=O) groups excluding carboxylic acids is 2. The highest BCUT2D eigenvalue weighted by Crippen LogP contribution is 2.32. The third-order valence-corrected chi connectivity index (χ3v) is 4.72. The van der Waals surface area contributed by atoms with Crippen molar-refractivity contribution >= 4 is 11.9 Å². The van der Waals surface area contributed by atoms with E-state index < -0.39 is 23.5 Å². The van der Waals surface area contributed by atoms with Crippen LogP contribution in [0.2, 0.25) is 0 Å². The first-order valence-electron chi connectivity index (χ1n) is 9.38. The fraction of sp³-hybridized carbons (Fsp3) is 0.364. The van der Waals surface area contributed by atoms with E-state index in [0.717, 1.165) is 19.3 Å². The molecule has 7 nitrogen and oxygen atoms in total. The number of rotatable bonds is 7. The Hall–Kier alpha value is -3.08. The standard InChI is InChI=1S/C22H23NO6/c1-21(23,22(26)28-19(24)20(25)29-22)15-14-18-13-12-17(27-18)11-7-3-6-10-16-8-4-2-5-9-16/h2,4-5,8-9,12-13,26H,3,6,10,14-15,23H2,1H3/t21-/m1/s1. The fourth-order valence-electron chi connectivity index (χ4n) is 2.88. The SMILES string of the molecule is C[C@@](N)(CCc1ccc(C#CCCCc2ccccc2)o1)C1(O)OC(=O)C(=O)O1. The minimum Gasteiger partial charge on any atom is -0.453 e. The Kier molecular flexibility index (Phi) is 6.06. The molecule has 0 aliphatic carbocycles. The molecule has 0 spiro atoms. The molecule has 1 aliphatic rings. The summed E-state index contributed by atoms with van der Waals surface area (Å²) in [5.74, 6) is 2.19. The second kappa shape index (κ2) is 8.52. The van der Waals surface area contributed by atoms with Gasteiger partial charge >= 0.3 is 17.9 Å². The molecular formula is C22H23NO6. The van der Waals surface area contributed by atoms with E-state index in [0.29, 0.717) is 17.9 Å². The van der Waals surface area contributed by atoms with Gasteiger partial charge in [-0.05, 0) is 49.8 Å². The third kappa shape index (κ3) is 5.05. The number of aryl methyl sites for hydroxylation is 2. The van der Waals surface area contributed by atoms with Crippen molar-refractivity contribution in [1.82, 2.24) is 0 Å². The number of hydrogen-bond acceptors (Lipinski definition) is 7. The van der Waals surface area contributed by atoms with E-state index in [1.54, 1.807) is 12.1 Å².